The summed E-state index contributed by atoms with van der Waals surface area (Å²) >= 11 is 1.59. The molecule has 1 aliphatic heterocycles. The van der Waals surface area contributed by atoms with E-state index in [1.807, 2.05) is 25.1 Å². The standard InChI is InChI=1S/C23H26N4O2S/c1-15(28)24-18-10-11-27(14-18)13-17-8-9-22(29-3)21(12-17)19-6-4-5-7-20(19)23-26-25-16(2)30-23/h4-9,12,18H,10-11,13-14H2,1-3H3,(H,24,28). The van der Waals surface area contributed by atoms with E-state index in [-0.39, 0.29) is 11.9 Å². The Morgan fingerprint density at radius 2 is 2.00 bits per heavy atom. The predicted molar refractivity (Wildman–Crippen MR) is 120 cm³/mol. The third-order valence-electron chi connectivity index (χ3n) is 5.32. The molecule has 6 nitrogen and oxygen atoms in total. The van der Waals surface area contributed by atoms with Crippen molar-refractivity contribution in [1.29, 1.82) is 0 Å². The number of hydrogen-bond donors (Lipinski definition) is 1. The van der Waals surface area contributed by atoms with Crippen LogP contribution in [0.4, 0.5) is 0 Å². The van der Waals surface area contributed by atoms with Gasteiger partial charge in [-0.1, -0.05) is 41.7 Å². The summed E-state index contributed by atoms with van der Waals surface area (Å²) in [5.74, 6) is 0.877. The van der Waals surface area contributed by atoms with Crippen molar-refractivity contribution in [2.75, 3.05) is 20.2 Å². The van der Waals surface area contributed by atoms with Crippen LogP contribution < -0.4 is 10.1 Å². The maximum Gasteiger partial charge on any atom is 0.217 e. The Labute approximate surface area is 180 Å². The Morgan fingerprint density at radius 1 is 1.20 bits per heavy atom. The second kappa shape index (κ2) is 8.93. The highest BCUT2D eigenvalue weighted by molar-refractivity contribution is 7.14. The molecule has 1 N–H and O–H groups in total. The molecule has 1 unspecified atom stereocenters. The van der Waals surface area contributed by atoms with Gasteiger partial charge in [-0.25, -0.2) is 0 Å². The molecule has 0 spiro atoms. The molecule has 1 atom stereocenters. The molecular formula is C23H26N4O2S. The molecule has 0 saturated carbocycles. The number of carbonyl (C=O) groups excluding carboxylic acids is 1. The fourth-order valence-electron chi connectivity index (χ4n) is 4.01. The highest BCUT2D eigenvalue weighted by Crippen LogP contribution is 2.38. The molecule has 1 fully saturated rings. The van der Waals surface area contributed by atoms with Gasteiger partial charge in [0.15, 0.2) is 0 Å². The average molecular weight is 423 g/mol. The number of hydrogen-bond acceptors (Lipinski definition) is 6. The number of ether oxygens (including phenoxy) is 1. The van der Waals surface area contributed by atoms with Crippen molar-refractivity contribution in [3.8, 4) is 27.4 Å². The Bertz CT molecular complexity index is 1050. The maximum atomic E-state index is 11.3. The number of nitrogens with zero attached hydrogens (tertiary/aromatic N) is 3. The molecular weight excluding hydrogens is 396 g/mol. The van der Waals surface area contributed by atoms with Gasteiger partial charge in [0.1, 0.15) is 15.8 Å². The molecule has 1 amide bonds. The van der Waals surface area contributed by atoms with Crippen LogP contribution in [0.2, 0.25) is 0 Å². The van der Waals surface area contributed by atoms with Crippen molar-refractivity contribution in [3.63, 3.8) is 0 Å². The Morgan fingerprint density at radius 3 is 2.70 bits per heavy atom. The van der Waals surface area contributed by atoms with Crippen LogP contribution in [-0.2, 0) is 11.3 Å². The first kappa shape index (κ1) is 20.5. The van der Waals surface area contributed by atoms with Crippen LogP contribution in [0.25, 0.3) is 21.7 Å². The van der Waals surface area contributed by atoms with Crippen molar-refractivity contribution >= 4 is 17.2 Å². The van der Waals surface area contributed by atoms with Crippen molar-refractivity contribution in [2.24, 2.45) is 0 Å². The Kier molecular flexibility index (Phi) is 6.11. The fourth-order valence-corrected chi connectivity index (χ4v) is 4.74. The zero-order valence-electron chi connectivity index (χ0n) is 17.5. The summed E-state index contributed by atoms with van der Waals surface area (Å²) in [6.07, 6.45) is 0.988. The van der Waals surface area contributed by atoms with E-state index in [1.54, 1.807) is 25.4 Å². The van der Waals surface area contributed by atoms with Crippen LogP contribution in [0.15, 0.2) is 42.5 Å². The monoisotopic (exact) mass is 422 g/mol. The minimum Gasteiger partial charge on any atom is -0.496 e. The zero-order valence-corrected chi connectivity index (χ0v) is 18.3. The van der Waals surface area contributed by atoms with E-state index in [9.17, 15) is 4.79 Å². The summed E-state index contributed by atoms with van der Waals surface area (Å²) in [7, 11) is 1.70. The number of methoxy groups -OCH3 is 1. The normalized spacial score (nSPS) is 16.6. The first-order chi connectivity index (χ1) is 14.5. The van der Waals surface area contributed by atoms with Crippen LogP contribution in [0, 0.1) is 6.92 Å². The van der Waals surface area contributed by atoms with Crippen LogP contribution in [-0.4, -0.2) is 47.2 Å². The Balaban J connectivity index is 1.63. The summed E-state index contributed by atoms with van der Waals surface area (Å²) < 4.78 is 5.69. The topological polar surface area (TPSA) is 67.3 Å². The number of benzene rings is 2. The lowest BCUT2D eigenvalue weighted by atomic mass is 9.97. The highest BCUT2D eigenvalue weighted by atomic mass is 32.1. The number of nitrogens with one attached hydrogen (secondary N) is 1. The summed E-state index contributed by atoms with van der Waals surface area (Å²) in [5, 5.41) is 13.4. The molecule has 2 aromatic carbocycles. The number of likely N-dealkylation sites (tertiary alicyclic amines) is 1. The van der Waals surface area contributed by atoms with Crippen molar-refractivity contribution in [1.82, 2.24) is 20.4 Å². The molecule has 30 heavy (non-hydrogen) atoms. The van der Waals surface area contributed by atoms with Gasteiger partial charge in [-0.05, 0) is 36.6 Å². The zero-order chi connectivity index (χ0) is 21.1. The van der Waals surface area contributed by atoms with Gasteiger partial charge in [0.05, 0.1) is 7.11 Å². The van der Waals surface area contributed by atoms with E-state index in [0.29, 0.717) is 0 Å². The number of amides is 1. The minimum atomic E-state index is 0.0390. The predicted octanol–water partition coefficient (Wildman–Crippen LogP) is 3.90. The van der Waals surface area contributed by atoms with Crippen LogP contribution in [0.1, 0.15) is 23.9 Å². The van der Waals surface area contributed by atoms with Gasteiger partial charge in [0.2, 0.25) is 5.91 Å². The van der Waals surface area contributed by atoms with Gasteiger partial charge < -0.3 is 10.1 Å². The van der Waals surface area contributed by atoms with Crippen LogP contribution in [0.3, 0.4) is 0 Å². The van der Waals surface area contributed by atoms with E-state index in [4.69, 9.17) is 4.74 Å². The van der Waals surface area contributed by atoms with Crippen molar-refractivity contribution < 1.29 is 9.53 Å². The summed E-state index contributed by atoms with van der Waals surface area (Å²) in [4.78, 5) is 13.7. The molecule has 0 radical (unpaired) electrons. The Hall–Kier alpha value is -2.77. The van der Waals surface area contributed by atoms with E-state index >= 15 is 0 Å². The summed E-state index contributed by atoms with van der Waals surface area (Å²) in [5.41, 5.74) is 4.42. The second-order valence-electron chi connectivity index (χ2n) is 7.63. The minimum absolute atomic E-state index is 0.0390. The van der Waals surface area contributed by atoms with E-state index in [2.05, 4.69) is 44.7 Å². The number of aromatic nitrogens is 2. The highest BCUT2D eigenvalue weighted by Gasteiger charge is 2.23. The molecule has 156 valence electrons. The lowest BCUT2D eigenvalue weighted by Crippen LogP contribution is -2.35. The number of aryl methyl sites for hydroxylation is 1. The quantitative estimate of drug-likeness (QED) is 0.653. The lowest BCUT2D eigenvalue weighted by Gasteiger charge is -2.18. The van der Waals surface area contributed by atoms with Gasteiger partial charge in [-0.15, -0.1) is 10.2 Å². The van der Waals surface area contributed by atoms with E-state index < -0.39 is 0 Å². The smallest absolute Gasteiger partial charge is 0.217 e. The fraction of sp³-hybridized carbons (Fsp3) is 0.348. The summed E-state index contributed by atoms with van der Waals surface area (Å²) in [6.45, 7) is 6.24. The molecule has 3 aromatic rings. The second-order valence-corrected chi connectivity index (χ2v) is 8.81. The average Bonchev–Trinajstić information content (AvgIpc) is 3.36. The third-order valence-corrected chi connectivity index (χ3v) is 6.20. The molecule has 1 aliphatic rings. The number of rotatable bonds is 6. The molecule has 1 aromatic heterocycles. The molecule has 1 saturated heterocycles. The molecule has 0 aliphatic carbocycles. The van der Waals surface area contributed by atoms with Gasteiger partial charge in [-0.2, -0.15) is 0 Å². The van der Waals surface area contributed by atoms with E-state index in [0.717, 1.165) is 58.5 Å². The van der Waals surface area contributed by atoms with Crippen molar-refractivity contribution in [2.45, 2.75) is 32.9 Å². The molecule has 7 heteroatoms. The van der Waals surface area contributed by atoms with Gasteiger partial charge in [-0.3, -0.25) is 9.69 Å². The van der Waals surface area contributed by atoms with Crippen LogP contribution in [0.5, 0.6) is 5.75 Å². The van der Waals surface area contributed by atoms with Crippen LogP contribution >= 0.6 is 11.3 Å². The number of carbonyl (C=O) groups is 1. The van der Waals surface area contributed by atoms with Gasteiger partial charge >= 0.3 is 0 Å². The first-order valence-electron chi connectivity index (χ1n) is 10.1. The molecule has 2 heterocycles. The SMILES string of the molecule is COc1ccc(CN2CCC(NC(C)=O)C2)cc1-c1ccccc1-c1nnc(C)s1. The van der Waals surface area contributed by atoms with E-state index in [1.165, 1.54) is 5.56 Å². The largest absolute Gasteiger partial charge is 0.496 e. The maximum absolute atomic E-state index is 11.3. The summed E-state index contributed by atoms with van der Waals surface area (Å²) in [6, 6.07) is 14.9. The molecule has 0 bridgehead atoms. The molecule has 4 rings (SSSR count). The van der Waals surface area contributed by atoms with Crippen molar-refractivity contribution in [3.05, 3.63) is 53.0 Å². The van der Waals surface area contributed by atoms with Gasteiger partial charge in [0, 0.05) is 43.7 Å². The lowest BCUT2D eigenvalue weighted by molar-refractivity contribution is -0.119. The third kappa shape index (κ3) is 4.52. The first-order valence-corrected chi connectivity index (χ1v) is 10.9. The van der Waals surface area contributed by atoms with Gasteiger partial charge in [0.25, 0.3) is 0 Å².